The second-order valence-corrected chi connectivity index (χ2v) is 9.53. The minimum absolute atomic E-state index is 0.369. The van der Waals surface area contributed by atoms with Gasteiger partial charge in [-0.15, -0.1) is 0 Å². The number of allylic oxidation sites excluding steroid dienone is 6. The Morgan fingerprint density at radius 2 is 1.48 bits per heavy atom. The van der Waals surface area contributed by atoms with Crippen LogP contribution in [0.3, 0.4) is 0 Å². The highest BCUT2D eigenvalue weighted by Gasteiger charge is 2.30. The van der Waals surface area contributed by atoms with Gasteiger partial charge in [0.1, 0.15) is 6.07 Å². The summed E-state index contributed by atoms with van der Waals surface area (Å²) in [7, 11) is 0. The normalized spacial score (nSPS) is 27.2. The van der Waals surface area contributed by atoms with E-state index in [2.05, 4.69) is 12.2 Å². The first-order valence-corrected chi connectivity index (χ1v) is 12.1. The summed E-state index contributed by atoms with van der Waals surface area (Å²) in [5.74, 6) is 1.57. The summed E-state index contributed by atoms with van der Waals surface area (Å²) in [6.07, 6.45) is 16.5. The lowest BCUT2D eigenvalue weighted by atomic mass is 9.77. The zero-order valence-corrected chi connectivity index (χ0v) is 19.0. The molecule has 2 aliphatic rings. The van der Waals surface area contributed by atoms with Crippen LogP contribution in [-0.4, -0.2) is 0 Å². The summed E-state index contributed by atoms with van der Waals surface area (Å²) in [6, 6.07) is 7.18. The van der Waals surface area contributed by atoms with Crippen molar-refractivity contribution in [3.63, 3.8) is 0 Å². The number of halogens is 4. The third kappa shape index (κ3) is 8.18. The van der Waals surface area contributed by atoms with Crippen LogP contribution in [0, 0.1) is 29.1 Å². The van der Waals surface area contributed by atoms with Gasteiger partial charge >= 0.3 is 6.18 Å². The molecule has 0 saturated heterocycles. The summed E-state index contributed by atoms with van der Waals surface area (Å²) < 4.78 is 51.0. The molecule has 1 aromatic rings. The van der Waals surface area contributed by atoms with E-state index < -0.39 is 17.6 Å². The highest BCUT2D eigenvalue weighted by molar-refractivity contribution is 5.27. The van der Waals surface area contributed by atoms with Gasteiger partial charge in [-0.05, 0) is 112 Å². The van der Waals surface area contributed by atoms with E-state index >= 15 is 0 Å². The molecule has 5 heteroatoms. The molecule has 1 aromatic carbocycles. The summed E-state index contributed by atoms with van der Waals surface area (Å²) in [4.78, 5) is 0. The lowest BCUT2D eigenvalue weighted by Crippen LogP contribution is -2.14. The first-order valence-electron chi connectivity index (χ1n) is 12.1. The Bertz CT molecular complexity index is 857. The number of nitrogens with zero attached hydrogens (tertiary/aromatic N) is 1. The Kier molecular flexibility index (Phi) is 9.35. The fourth-order valence-corrected chi connectivity index (χ4v) is 5.19. The molecule has 0 aromatic heterocycles. The monoisotopic (exact) mass is 459 g/mol. The Labute approximate surface area is 194 Å². The van der Waals surface area contributed by atoms with E-state index in [9.17, 15) is 17.6 Å². The maximum absolute atomic E-state index is 12.8. The summed E-state index contributed by atoms with van der Waals surface area (Å²) in [5.41, 5.74) is 0.460. The molecule has 0 radical (unpaired) electrons. The number of rotatable bonds is 7. The molecule has 0 unspecified atom stereocenters. The highest BCUT2D eigenvalue weighted by atomic mass is 19.4. The maximum Gasteiger partial charge on any atom is 0.416 e. The molecule has 0 spiro atoms. The van der Waals surface area contributed by atoms with Crippen LogP contribution in [-0.2, 0) is 6.18 Å². The molecule has 2 aliphatic carbocycles. The van der Waals surface area contributed by atoms with Crippen molar-refractivity contribution in [2.75, 3.05) is 0 Å². The fraction of sp³-hybridized carbons (Fsp3) is 0.536. The molecule has 0 aliphatic heterocycles. The molecule has 0 amide bonds. The van der Waals surface area contributed by atoms with E-state index in [1.165, 1.54) is 50.0 Å². The van der Waals surface area contributed by atoms with Crippen molar-refractivity contribution < 1.29 is 17.6 Å². The smallest absolute Gasteiger partial charge is 0.195 e. The van der Waals surface area contributed by atoms with Crippen LogP contribution in [0.25, 0.3) is 0 Å². The molecule has 0 atom stereocenters. The zero-order valence-electron chi connectivity index (χ0n) is 19.0. The van der Waals surface area contributed by atoms with Gasteiger partial charge in [-0.2, -0.15) is 22.8 Å². The van der Waals surface area contributed by atoms with Gasteiger partial charge in [0.15, 0.2) is 5.83 Å². The Morgan fingerprint density at radius 1 is 0.909 bits per heavy atom. The minimum atomic E-state index is -4.27. The van der Waals surface area contributed by atoms with E-state index in [4.69, 9.17) is 5.26 Å². The molecule has 0 heterocycles. The molecular weight excluding hydrogens is 426 g/mol. The number of benzene rings is 1. The van der Waals surface area contributed by atoms with Crippen LogP contribution in [0.2, 0.25) is 0 Å². The Balaban J connectivity index is 1.35. The van der Waals surface area contributed by atoms with E-state index in [1.807, 2.05) is 6.08 Å². The van der Waals surface area contributed by atoms with Crippen molar-refractivity contribution >= 4 is 0 Å². The average molecular weight is 460 g/mol. The quantitative estimate of drug-likeness (QED) is 0.173. The molecular formula is C28H33F4N. The SMILES string of the molecule is N#CC(F)=CC=CCC[C@H]1CC[C@H](C=C[C@H]2CC[C@H](c3ccc(C(F)(F)F)cc3)CC2)CC1. The molecule has 178 valence electrons. The van der Waals surface area contributed by atoms with Gasteiger partial charge in [0.05, 0.1) is 5.56 Å². The molecule has 2 saturated carbocycles. The third-order valence-corrected chi connectivity index (χ3v) is 7.26. The zero-order chi connectivity index (χ0) is 23.7. The Hall–Kier alpha value is -2.35. The predicted octanol–water partition coefficient (Wildman–Crippen LogP) is 9.06. The minimum Gasteiger partial charge on any atom is -0.195 e. The van der Waals surface area contributed by atoms with Crippen molar-refractivity contribution in [3.8, 4) is 6.07 Å². The van der Waals surface area contributed by atoms with Crippen molar-refractivity contribution in [1.29, 1.82) is 5.26 Å². The van der Waals surface area contributed by atoms with E-state index in [0.717, 1.165) is 50.0 Å². The Morgan fingerprint density at radius 3 is 2.03 bits per heavy atom. The van der Waals surface area contributed by atoms with E-state index in [0.29, 0.717) is 17.8 Å². The summed E-state index contributed by atoms with van der Waals surface area (Å²) >= 11 is 0. The number of hydrogen-bond donors (Lipinski definition) is 0. The van der Waals surface area contributed by atoms with Gasteiger partial charge in [-0.3, -0.25) is 0 Å². The van der Waals surface area contributed by atoms with Gasteiger partial charge in [0.25, 0.3) is 0 Å². The second-order valence-electron chi connectivity index (χ2n) is 9.53. The van der Waals surface area contributed by atoms with Crippen LogP contribution in [0.1, 0.15) is 81.3 Å². The molecule has 3 rings (SSSR count). The van der Waals surface area contributed by atoms with Crippen molar-refractivity contribution in [2.45, 2.75) is 76.3 Å². The first-order chi connectivity index (χ1) is 15.8. The van der Waals surface area contributed by atoms with E-state index in [1.54, 1.807) is 18.2 Å². The largest absolute Gasteiger partial charge is 0.416 e. The van der Waals surface area contributed by atoms with Crippen molar-refractivity contribution in [3.05, 3.63) is 71.6 Å². The van der Waals surface area contributed by atoms with E-state index in [-0.39, 0.29) is 0 Å². The highest BCUT2D eigenvalue weighted by Crippen LogP contribution is 2.39. The van der Waals surface area contributed by atoms with Gasteiger partial charge < -0.3 is 0 Å². The summed E-state index contributed by atoms with van der Waals surface area (Å²) in [6.45, 7) is 0. The van der Waals surface area contributed by atoms with Crippen LogP contribution >= 0.6 is 0 Å². The topological polar surface area (TPSA) is 23.8 Å². The molecule has 2 fully saturated rings. The second kappa shape index (κ2) is 12.2. The van der Waals surface area contributed by atoms with Crippen LogP contribution < -0.4 is 0 Å². The number of nitriles is 1. The van der Waals surface area contributed by atoms with Gasteiger partial charge in [-0.1, -0.05) is 36.4 Å². The molecule has 0 bridgehead atoms. The van der Waals surface area contributed by atoms with Gasteiger partial charge in [0.2, 0.25) is 0 Å². The average Bonchev–Trinajstić information content (AvgIpc) is 2.83. The standard InChI is InChI=1S/C28H33F4N/c29-27(20-33)5-3-1-2-4-21-6-8-22(9-7-21)10-11-23-12-14-24(15-13-23)25-16-18-26(19-17-25)28(30,31)32/h1,3,5,10-11,16-19,21-24H,2,4,6-9,12-15H2/t21-,22-,23-,24-. The van der Waals surface area contributed by atoms with Crippen LogP contribution in [0.4, 0.5) is 17.6 Å². The van der Waals surface area contributed by atoms with Crippen molar-refractivity contribution in [1.82, 2.24) is 0 Å². The van der Waals surface area contributed by atoms with Crippen LogP contribution in [0.15, 0.2) is 60.5 Å². The molecule has 0 N–H and O–H groups in total. The van der Waals surface area contributed by atoms with Gasteiger partial charge in [-0.25, -0.2) is 0 Å². The lowest BCUT2D eigenvalue weighted by molar-refractivity contribution is -0.137. The predicted molar refractivity (Wildman–Crippen MR) is 124 cm³/mol. The molecule has 33 heavy (non-hydrogen) atoms. The third-order valence-electron chi connectivity index (χ3n) is 7.26. The number of alkyl halides is 3. The van der Waals surface area contributed by atoms with Gasteiger partial charge in [0, 0.05) is 0 Å². The fourth-order valence-electron chi connectivity index (χ4n) is 5.19. The van der Waals surface area contributed by atoms with Crippen LogP contribution in [0.5, 0.6) is 0 Å². The summed E-state index contributed by atoms with van der Waals surface area (Å²) in [5, 5.41) is 8.37. The first kappa shape index (κ1) is 25.3. The van der Waals surface area contributed by atoms with Crippen molar-refractivity contribution in [2.24, 2.45) is 17.8 Å². The lowest BCUT2D eigenvalue weighted by Gasteiger charge is -2.29. The maximum atomic E-state index is 12.8. The number of hydrogen-bond acceptors (Lipinski definition) is 1. The molecule has 1 nitrogen and oxygen atoms in total.